The molecule has 72 valence electrons. The first kappa shape index (κ1) is 8.79. The van der Waals surface area contributed by atoms with E-state index >= 15 is 0 Å². The Morgan fingerprint density at radius 2 is 2.31 bits per heavy atom. The lowest BCUT2D eigenvalue weighted by molar-refractivity contribution is -0.119. The molecular formula is C11H17NO. The first-order valence-electron chi connectivity index (χ1n) is 4.99. The van der Waals surface area contributed by atoms with E-state index in [9.17, 15) is 4.79 Å². The van der Waals surface area contributed by atoms with Crippen LogP contribution in [-0.4, -0.2) is 5.91 Å². The fourth-order valence-corrected chi connectivity index (χ4v) is 2.70. The highest BCUT2D eigenvalue weighted by Crippen LogP contribution is 2.58. The van der Waals surface area contributed by atoms with Gasteiger partial charge in [-0.3, -0.25) is 4.79 Å². The molecule has 0 spiro atoms. The Morgan fingerprint density at radius 1 is 1.62 bits per heavy atom. The van der Waals surface area contributed by atoms with Gasteiger partial charge in [0.05, 0.1) is 0 Å². The zero-order chi connectivity index (χ0) is 9.64. The molecule has 2 heteroatoms. The molecule has 0 heterocycles. The lowest BCUT2D eigenvalue weighted by atomic mass is 9.50. The Kier molecular flexibility index (Phi) is 1.76. The third kappa shape index (κ3) is 1.19. The summed E-state index contributed by atoms with van der Waals surface area (Å²) in [5, 5.41) is 2.95. The molecule has 0 radical (unpaired) electrons. The van der Waals surface area contributed by atoms with E-state index in [4.69, 9.17) is 0 Å². The maximum Gasteiger partial charge on any atom is 0.220 e. The molecule has 13 heavy (non-hydrogen) atoms. The van der Waals surface area contributed by atoms with E-state index in [1.807, 2.05) is 0 Å². The molecular weight excluding hydrogens is 162 g/mol. The van der Waals surface area contributed by atoms with Crippen LogP contribution in [0.1, 0.15) is 33.6 Å². The molecule has 1 N–H and O–H groups in total. The Morgan fingerprint density at radius 3 is 2.77 bits per heavy atom. The van der Waals surface area contributed by atoms with Crippen molar-refractivity contribution in [1.82, 2.24) is 5.32 Å². The number of amides is 1. The van der Waals surface area contributed by atoms with Crippen LogP contribution in [-0.2, 0) is 4.79 Å². The van der Waals surface area contributed by atoms with E-state index in [1.54, 1.807) is 6.92 Å². The predicted octanol–water partition coefficient (Wildman–Crippen LogP) is 2.07. The largest absolute Gasteiger partial charge is 0.330 e. The van der Waals surface area contributed by atoms with E-state index < -0.39 is 0 Å². The molecule has 3 rings (SSSR count). The second-order valence-electron chi connectivity index (χ2n) is 4.88. The number of carbonyl (C=O) groups is 1. The molecule has 3 aliphatic rings. The number of allylic oxidation sites excluding steroid dienone is 2. The van der Waals surface area contributed by atoms with Crippen molar-refractivity contribution in [3.05, 3.63) is 11.8 Å². The number of fused-ring (bicyclic) bond motifs is 1. The summed E-state index contributed by atoms with van der Waals surface area (Å²) in [5.41, 5.74) is 1.58. The first-order valence-corrected chi connectivity index (χ1v) is 4.99. The summed E-state index contributed by atoms with van der Waals surface area (Å²) in [4.78, 5) is 10.9. The van der Waals surface area contributed by atoms with Gasteiger partial charge in [-0.15, -0.1) is 0 Å². The van der Waals surface area contributed by atoms with Crippen molar-refractivity contribution in [3.8, 4) is 0 Å². The summed E-state index contributed by atoms with van der Waals surface area (Å²) in [6, 6.07) is 0. The van der Waals surface area contributed by atoms with Gasteiger partial charge in [-0.2, -0.15) is 0 Å². The van der Waals surface area contributed by atoms with Gasteiger partial charge in [-0.1, -0.05) is 19.9 Å². The molecule has 0 saturated heterocycles. The van der Waals surface area contributed by atoms with Crippen molar-refractivity contribution < 1.29 is 4.79 Å². The maximum absolute atomic E-state index is 10.9. The predicted molar refractivity (Wildman–Crippen MR) is 51.9 cm³/mol. The van der Waals surface area contributed by atoms with Crippen LogP contribution < -0.4 is 5.32 Å². The summed E-state index contributed by atoms with van der Waals surface area (Å²) in [6.07, 6.45) is 4.60. The summed E-state index contributed by atoms with van der Waals surface area (Å²) in [7, 11) is 0. The molecule has 1 fully saturated rings. The van der Waals surface area contributed by atoms with Crippen molar-refractivity contribution in [2.75, 3.05) is 0 Å². The van der Waals surface area contributed by atoms with Gasteiger partial charge in [0.25, 0.3) is 0 Å². The fraction of sp³-hybridized carbons (Fsp3) is 0.727. The number of nitrogens with one attached hydrogen (secondary N) is 1. The number of carbonyl (C=O) groups excluding carboxylic acids is 1. The fourth-order valence-electron chi connectivity index (χ4n) is 2.70. The van der Waals surface area contributed by atoms with Gasteiger partial charge >= 0.3 is 0 Å². The van der Waals surface area contributed by atoms with Gasteiger partial charge in [-0.05, 0) is 24.2 Å². The molecule has 3 aliphatic carbocycles. The van der Waals surface area contributed by atoms with Crippen LogP contribution in [0.15, 0.2) is 11.8 Å². The molecule has 0 aromatic carbocycles. The molecule has 1 amide bonds. The zero-order valence-corrected chi connectivity index (χ0v) is 8.55. The Hall–Kier alpha value is -0.790. The Bertz CT molecular complexity index is 278. The summed E-state index contributed by atoms with van der Waals surface area (Å²) in [6.45, 7) is 6.19. The van der Waals surface area contributed by atoms with E-state index in [-0.39, 0.29) is 5.91 Å². The highest BCUT2D eigenvalue weighted by Gasteiger charge is 2.51. The molecule has 0 aliphatic heterocycles. The highest BCUT2D eigenvalue weighted by molar-refractivity contribution is 5.75. The lowest BCUT2D eigenvalue weighted by Gasteiger charge is -2.56. The third-order valence-corrected chi connectivity index (χ3v) is 3.79. The van der Waals surface area contributed by atoms with Gasteiger partial charge in [-0.25, -0.2) is 0 Å². The van der Waals surface area contributed by atoms with Crippen LogP contribution in [0.5, 0.6) is 0 Å². The van der Waals surface area contributed by atoms with Crippen LogP contribution >= 0.6 is 0 Å². The van der Waals surface area contributed by atoms with Crippen LogP contribution in [0.2, 0.25) is 0 Å². The number of hydrogen-bond donors (Lipinski definition) is 1. The Labute approximate surface area is 79.4 Å². The smallest absolute Gasteiger partial charge is 0.220 e. The second kappa shape index (κ2) is 2.60. The van der Waals surface area contributed by atoms with Crippen LogP contribution in [0.25, 0.3) is 0 Å². The quantitative estimate of drug-likeness (QED) is 0.656. The van der Waals surface area contributed by atoms with Gasteiger partial charge in [0, 0.05) is 18.5 Å². The maximum atomic E-state index is 10.9. The van der Waals surface area contributed by atoms with Crippen molar-refractivity contribution in [1.29, 1.82) is 0 Å². The van der Waals surface area contributed by atoms with E-state index in [2.05, 4.69) is 25.2 Å². The number of hydrogen-bond acceptors (Lipinski definition) is 1. The minimum Gasteiger partial charge on any atom is -0.330 e. The zero-order valence-electron chi connectivity index (χ0n) is 8.55. The van der Waals surface area contributed by atoms with Crippen molar-refractivity contribution in [3.63, 3.8) is 0 Å². The Balaban J connectivity index is 2.14. The molecule has 2 bridgehead atoms. The van der Waals surface area contributed by atoms with Crippen molar-refractivity contribution in [2.45, 2.75) is 33.6 Å². The molecule has 2 unspecified atom stereocenters. The van der Waals surface area contributed by atoms with E-state index in [0.29, 0.717) is 11.3 Å². The molecule has 2 nitrogen and oxygen atoms in total. The van der Waals surface area contributed by atoms with Crippen molar-refractivity contribution >= 4 is 5.91 Å². The average Bonchev–Trinajstić information content (AvgIpc) is 2.03. The van der Waals surface area contributed by atoms with Gasteiger partial charge < -0.3 is 5.32 Å². The summed E-state index contributed by atoms with van der Waals surface area (Å²) in [5.74, 6) is 1.50. The van der Waals surface area contributed by atoms with Gasteiger partial charge in [0.2, 0.25) is 5.91 Å². The molecule has 2 atom stereocenters. The average molecular weight is 179 g/mol. The summed E-state index contributed by atoms with van der Waals surface area (Å²) < 4.78 is 0. The topological polar surface area (TPSA) is 29.1 Å². The minimum atomic E-state index is 0.0624. The van der Waals surface area contributed by atoms with Gasteiger partial charge in [0.1, 0.15) is 0 Å². The number of rotatable bonds is 1. The SMILES string of the molecule is CC(=O)NC1=CCC2CC1C2(C)C. The monoisotopic (exact) mass is 179 g/mol. The highest BCUT2D eigenvalue weighted by atomic mass is 16.1. The van der Waals surface area contributed by atoms with Crippen LogP contribution in [0.3, 0.4) is 0 Å². The van der Waals surface area contributed by atoms with E-state index in [1.165, 1.54) is 12.1 Å². The van der Waals surface area contributed by atoms with Crippen LogP contribution in [0.4, 0.5) is 0 Å². The second-order valence-corrected chi connectivity index (χ2v) is 4.88. The third-order valence-electron chi connectivity index (χ3n) is 3.79. The van der Waals surface area contributed by atoms with Gasteiger partial charge in [0.15, 0.2) is 0 Å². The minimum absolute atomic E-state index is 0.0624. The molecule has 0 aromatic rings. The standard InChI is InChI=1S/C11H17NO/c1-7(13)12-10-5-4-8-6-9(10)11(8,2)3/h5,8-9H,4,6H2,1-3H3,(H,12,13). The summed E-state index contributed by atoms with van der Waals surface area (Å²) >= 11 is 0. The normalized spacial score (nSPS) is 34.5. The lowest BCUT2D eigenvalue weighted by Crippen LogP contribution is -2.51. The van der Waals surface area contributed by atoms with E-state index in [0.717, 1.165) is 12.3 Å². The molecule has 1 saturated carbocycles. The molecule has 0 aromatic heterocycles. The first-order chi connectivity index (χ1) is 6.01. The van der Waals surface area contributed by atoms with Crippen molar-refractivity contribution in [2.24, 2.45) is 17.3 Å². The van der Waals surface area contributed by atoms with Crippen LogP contribution in [0, 0.1) is 17.3 Å².